The van der Waals surface area contributed by atoms with Crippen molar-refractivity contribution in [3.05, 3.63) is 18.0 Å². The number of halogens is 2. The Hall–Kier alpha value is -0.820. The number of nitrogens with one attached hydrogen (secondary N) is 1. The lowest BCUT2D eigenvalue weighted by atomic mass is 9.93. The van der Waals surface area contributed by atoms with Crippen LogP contribution < -0.4 is 5.32 Å². The van der Waals surface area contributed by atoms with E-state index >= 15 is 0 Å². The van der Waals surface area contributed by atoms with E-state index in [-0.39, 0.29) is 42.9 Å². The van der Waals surface area contributed by atoms with E-state index in [0.29, 0.717) is 12.5 Å². The molecule has 0 radical (unpaired) electrons. The molecule has 2 saturated heterocycles. The predicted molar refractivity (Wildman–Crippen MR) is 93.5 cm³/mol. The Morgan fingerprint density at radius 3 is 2.61 bits per heavy atom. The molecule has 0 saturated carbocycles. The summed E-state index contributed by atoms with van der Waals surface area (Å²) in [5, 5.41) is 7.52. The third-order valence-electron chi connectivity index (χ3n) is 4.67. The van der Waals surface area contributed by atoms with Crippen molar-refractivity contribution in [1.82, 2.24) is 20.0 Å². The summed E-state index contributed by atoms with van der Waals surface area (Å²) in [6, 6.07) is 1.90. The van der Waals surface area contributed by atoms with Gasteiger partial charge in [0.2, 0.25) is 5.91 Å². The van der Waals surface area contributed by atoms with Gasteiger partial charge in [0.25, 0.3) is 0 Å². The highest BCUT2D eigenvalue weighted by atomic mass is 35.5. The highest BCUT2D eigenvalue weighted by molar-refractivity contribution is 5.85. The van der Waals surface area contributed by atoms with Crippen molar-refractivity contribution in [2.24, 2.45) is 7.05 Å². The summed E-state index contributed by atoms with van der Waals surface area (Å²) >= 11 is 0. The van der Waals surface area contributed by atoms with Crippen LogP contribution in [0.25, 0.3) is 0 Å². The lowest BCUT2D eigenvalue weighted by Crippen LogP contribution is -2.57. The number of likely N-dealkylation sites (tertiary alicyclic amines) is 1. The molecule has 1 N–H and O–H groups in total. The molecule has 8 heteroatoms. The Labute approximate surface area is 149 Å². The van der Waals surface area contributed by atoms with Crippen molar-refractivity contribution >= 4 is 30.7 Å². The van der Waals surface area contributed by atoms with E-state index in [1.165, 1.54) is 5.69 Å². The molecule has 0 spiro atoms. The van der Waals surface area contributed by atoms with Gasteiger partial charge >= 0.3 is 0 Å². The molecule has 0 bridgehead atoms. The van der Waals surface area contributed by atoms with Crippen LogP contribution in [0, 0.1) is 0 Å². The number of ether oxygens (including phenoxy) is 1. The van der Waals surface area contributed by atoms with Crippen molar-refractivity contribution in [1.29, 1.82) is 0 Å². The van der Waals surface area contributed by atoms with E-state index in [2.05, 4.69) is 16.5 Å². The minimum absolute atomic E-state index is 0. The molecule has 2 aliphatic heterocycles. The summed E-state index contributed by atoms with van der Waals surface area (Å²) in [6.07, 6.45) is 3.82. The second-order valence-corrected chi connectivity index (χ2v) is 5.99. The van der Waals surface area contributed by atoms with Crippen LogP contribution in [0.4, 0.5) is 0 Å². The number of hydrogen-bond acceptors (Lipinski definition) is 4. The smallest absolute Gasteiger partial charge is 0.242 e. The normalized spacial score (nSPS) is 25.4. The van der Waals surface area contributed by atoms with Gasteiger partial charge in [-0.25, -0.2) is 0 Å². The number of piperidine rings is 1. The van der Waals surface area contributed by atoms with E-state index in [9.17, 15) is 4.79 Å². The van der Waals surface area contributed by atoms with Gasteiger partial charge in [0, 0.05) is 44.5 Å². The van der Waals surface area contributed by atoms with Crippen LogP contribution in [0.1, 0.15) is 31.4 Å². The van der Waals surface area contributed by atoms with Crippen LogP contribution in [0.15, 0.2) is 12.3 Å². The van der Waals surface area contributed by atoms with Crippen LogP contribution in [-0.4, -0.2) is 59.0 Å². The van der Waals surface area contributed by atoms with Crippen molar-refractivity contribution in [3.8, 4) is 0 Å². The Kier molecular flexibility index (Phi) is 7.80. The molecular weight excluding hydrogens is 339 g/mol. The fourth-order valence-electron chi connectivity index (χ4n) is 3.39. The molecule has 6 nitrogen and oxygen atoms in total. The van der Waals surface area contributed by atoms with E-state index < -0.39 is 0 Å². The quantitative estimate of drug-likeness (QED) is 0.860. The molecule has 23 heavy (non-hydrogen) atoms. The third kappa shape index (κ3) is 4.38. The predicted octanol–water partition coefficient (Wildman–Crippen LogP) is 1.35. The lowest BCUT2D eigenvalue weighted by molar-refractivity contribution is -0.140. The topological polar surface area (TPSA) is 59.4 Å². The molecule has 2 aliphatic rings. The van der Waals surface area contributed by atoms with Crippen molar-refractivity contribution < 1.29 is 9.53 Å². The van der Waals surface area contributed by atoms with Crippen molar-refractivity contribution in [3.63, 3.8) is 0 Å². The summed E-state index contributed by atoms with van der Waals surface area (Å²) < 4.78 is 7.52. The van der Waals surface area contributed by atoms with Gasteiger partial charge in [0.15, 0.2) is 0 Å². The molecule has 2 atom stereocenters. The highest BCUT2D eigenvalue weighted by Crippen LogP contribution is 2.27. The van der Waals surface area contributed by atoms with Crippen LogP contribution in [0.2, 0.25) is 0 Å². The zero-order chi connectivity index (χ0) is 14.8. The first-order chi connectivity index (χ1) is 10.2. The van der Waals surface area contributed by atoms with Gasteiger partial charge in [-0.15, -0.1) is 24.8 Å². The first kappa shape index (κ1) is 20.2. The molecule has 1 amide bonds. The molecule has 132 valence electrons. The Morgan fingerprint density at radius 1 is 1.35 bits per heavy atom. The van der Waals surface area contributed by atoms with Gasteiger partial charge in [0.05, 0.1) is 12.7 Å². The first-order valence-corrected chi connectivity index (χ1v) is 7.78. The summed E-state index contributed by atoms with van der Waals surface area (Å²) in [4.78, 5) is 14.6. The number of hydrogen-bond donors (Lipinski definition) is 1. The van der Waals surface area contributed by atoms with Crippen LogP contribution in [-0.2, 0) is 16.6 Å². The van der Waals surface area contributed by atoms with Gasteiger partial charge < -0.3 is 15.0 Å². The minimum Gasteiger partial charge on any atom is -0.375 e. The van der Waals surface area contributed by atoms with Gasteiger partial charge in [0.1, 0.15) is 6.04 Å². The zero-order valence-electron chi connectivity index (χ0n) is 13.6. The van der Waals surface area contributed by atoms with Gasteiger partial charge in [-0.1, -0.05) is 0 Å². The number of aryl methyl sites for hydroxylation is 1. The van der Waals surface area contributed by atoms with Gasteiger partial charge in [-0.05, 0) is 25.8 Å². The van der Waals surface area contributed by atoms with Gasteiger partial charge in [-0.3, -0.25) is 9.48 Å². The van der Waals surface area contributed by atoms with Crippen LogP contribution in [0.5, 0.6) is 0 Å². The minimum atomic E-state index is -0.188. The van der Waals surface area contributed by atoms with E-state index in [1.807, 2.05) is 29.7 Å². The molecule has 3 rings (SSSR count). The second-order valence-electron chi connectivity index (χ2n) is 5.99. The zero-order valence-corrected chi connectivity index (χ0v) is 15.2. The summed E-state index contributed by atoms with van der Waals surface area (Å²) in [7, 11) is 1.98. The molecule has 2 fully saturated rings. The number of aromatic nitrogens is 2. The summed E-state index contributed by atoms with van der Waals surface area (Å²) in [5.74, 6) is 0.695. The average molecular weight is 365 g/mol. The fourth-order valence-corrected chi connectivity index (χ4v) is 3.39. The number of morpholine rings is 1. The largest absolute Gasteiger partial charge is 0.375 e. The molecule has 1 aromatic heterocycles. The van der Waals surface area contributed by atoms with E-state index in [0.717, 1.165) is 32.5 Å². The number of nitrogens with zero attached hydrogens (tertiary/aromatic N) is 3. The Balaban J connectivity index is 0.00000132. The molecule has 3 heterocycles. The van der Waals surface area contributed by atoms with Gasteiger partial charge in [-0.2, -0.15) is 5.10 Å². The number of carbonyl (C=O) groups is 1. The standard InChI is InChI=1S/C15H24N4O2.2ClH/c1-11-14(16-7-10-21-11)15(20)19-8-4-12(5-9-19)13-3-6-17-18(13)2;;/h3,6,11-12,14,16H,4-5,7-10H2,1-2H3;2*1H/t11-,14+;;/m1../s1. The SMILES string of the molecule is C[C@H]1OCCN[C@@H]1C(=O)N1CCC(c2ccnn2C)CC1.Cl.Cl. The fraction of sp³-hybridized carbons (Fsp3) is 0.733. The molecule has 0 aliphatic carbocycles. The van der Waals surface area contributed by atoms with Crippen LogP contribution in [0.3, 0.4) is 0 Å². The maximum Gasteiger partial charge on any atom is 0.242 e. The Bertz CT molecular complexity index is 503. The summed E-state index contributed by atoms with van der Waals surface area (Å²) in [6.45, 7) is 5.05. The van der Waals surface area contributed by atoms with Crippen LogP contribution >= 0.6 is 24.8 Å². The Morgan fingerprint density at radius 2 is 2.04 bits per heavy atom. The molecule has 1 aromatic rings. The number of rotatable bonds is 2. The van der Waals surface area contributed by atoms with Crippen molar-refractivity contribution in [2.45, 2.75) is 37.8 Å². The van der Waals surface area contributed by atoms with E-state index in [4.69, 9.17) is 4.74 Å². The maximum absolute atomic E-state index is 12.6. The maximum atomic E-state index is 12.6. The lowest BCUT2D eigenvalue weighted by Gasteiger charge is -2.37. The average Bonchev–Trinajstić information content (AvgIpc) is 2.93. The third-order valence-corrected chi connectivity index (χ3v) is 4.67. The second kappa shape index (κ2) is 8.87. The van der Waals surface area contributed by atoms with Crippen molar-refractivity contribution in [2.75, 3.05) is 26.2 Å². The first-order valence-electron chi connectivity index (χ1n) is 7.78. The number of amides is 1. The molecule has 0 unspecified atom stereocenters. The summed E-state index contributed by atoms with van der Waals surface area (Å²) in [5.41, 5.74) is 1.27. The molecule has 0 aromatic carbocycles. The van der Waals surface area contributed by atoms with E-state index in [1.54, 1.807) is 0 Å². The number of carbonyl (C=O) groups excluding carboxylic acids is 1. The molecular formula is C15H26Cl2N4O2. The monoisotopic (exact) mass is 364 g/mol. The highest BCUT2D eigenvalue weighted by Gasteiger charge is 2.34.